The number of amides is 1. The normalized spacial score (nSPS) is 22.5. The zero-order chi connectivity index (χ0) is 19.6. The summed E-state index contributed by atoms with van der Waals surface area (Å²) in [4.78, 5) is 39.7. The number of hydrogen-bond acceptors (Lipinski definition) is 3. The number of carboxylic acids is 1. The van der Waals surface area contributed by atoms with Crippen LogP contribution in [0.2, 0.25) is 0 Å². The Kier molecular flexibility index (Phi) is 5.46. The number of Topliss-reactive ketones (excluding diaryl/α,β-unsaturated/α-hetero) is 1. The molecular formula is C21H20BrNO4. The smallest absolute Gasteiger partial charge is 0.319 e. The zero-order valence-electron chi connectivity index (χ0n) is 14.9. The summed E-state index contributed by atoms with van der Waals surface area (Å²) in [5.74, 6) is -1.79. The van der Waals surface area contributed by atoms with Gasteiger partial charge in [0.15, 0.2) is 5.78 Å². The Morgan fingerprint density at radius 1 is 1.15 bits per heavy atom. The van der Waals surface area contributed by atoms with Crippen molar-refractivity contribution in [3.63, 3.8) is 0 Å². The van der Waals surface area contributed by atoms with Crippen molar-refractivity contribution < 1.29 is 19.5 Å². The molecule has 2 unspecified atom stereocenters. The molecule has 27 heavy (non-hydrogen) atoms. The molecule has 1 aliphatic heterocycles. The Hall–Kier alpha value is -2.47. The summed E-state index contributed by atoms with van der Waals surface area (Å²) in [5, 5.41) is 10.1. The fourth-order valence-electron chi connectivity index (χ4n) is 3.72. The highest BCUT2D eigenvalue weighted by molar-refractivity contribution is 9.10. The number of carboxylic acid groups (broad SMARTS) is 1. The largest absolute Gasteiger partial charge is 0.480 e. The van der Waals surface area contributed by atoms with E-state index in [1.54, 1.807) is 43.3 Å². The van der Waals surface area contributed by atoms with Crippen molar-refractivity contribution in [3.05, 3.63) is 70.2 Å². The molecule has 0 radical (unpaired) electrons. The summed E-state index contributed by atoms with van der Waals surface area (Å²) in [6.45, 7) is 1.88. The van der Waals surface area contributed by atoms with E-state index in [1.807, 2.05) is 18.2 Å². The number of benzene rings is 2. The van der Waals surface area contributed by atoms with Crippen molar-refractivity contribution in [1.29, 1.82) is 0 Å². The van der Waals surface area contributed by atoms with Crippen molar-refractivity contribution >= 4 is 33.6 Å². The van der Waals surface area contributed by atoms with E-state index in [4.69, 9.17) is 0 Å². The van der Waals surface area contributed by atoms with Gasteiger partial charge < -0.3 is 10.0 Å². The first-order valence-electron chi connectivity index (χ1n) is 8.74. The molecule has 0 bridgehead atoms. The van der Waals surface area contributed by atoms with Crippen LogP contribution in [0.25, 0.3) is 0 Å². The van der Waals surface area contributed by atoms with Crippen molar-refractivity contribution in [2.24, 2.45) is 5.41 Å². The highest BCUT2D eigenvalue weighted by atomic mass is 79.9. The minimum Gasteiger partial charge on any atom is -0.480 e. The standard InChI is InChI=1S/C21H20BrNO4/c1-14-21(20(26)27,13-16-9-5-6-10-17(16)22)18(24)11-12-23(14)19(25)15-7-3-2-4-8-15/h2-10,14H,11-13H2,1H3,(H,26,27). The van der Waals surface area contributed by atoms with Gasteiger partial charge in [-0.05, 0) is 37.1 Å². The second kappa shape index (κ2) is 7.64. The number of carbonyl (C=O) groups is 3. The number of hydrogen-bond donors (Lipinski definition) is 1. The van der Waals surface area contributed by atoms with Gasteiger partial charge in [0.25, 0.3) is 5.91 Å². The van der Waals surface area contributed by atoms with Gasteiger partial charge in [0.1, 0.15) is 5.41 Å². The molecule has 0 spiro atoms. The Balaban J connectivity index is 2.01. The quantitative estimate of drug-likeness (QED) is 0.753. The lowest BCUT2D eigenvalue weighted by atomic mass is 9.68. The van der Waals surface area contributed by atoms with Crippen LogP contribution in [-0.4, -0.2) is 40.3 Å². The van der Waals surface area contributed by atoms with Gasteiger partial charge in [0.05, 0.1) is 6.04 Å². The number of nitrogens with zero attached hydrogens (tertiary/aromatic N) is 1. The SMILES string of the molecule is CC1N(C(=O)c2ccccc2)CCC(=O)C1(Cc1ccccc1Br)C(=O)O. The third kappa shape index (κ3) is 3.41. The topological polar surface area (TPSA) is 74.7 Å². The van der Waals surface area contributed by atoms with E-state index in [9.17, 15) is 19.5 Å². The van der Waals surface area contributed by atoms with Gasteiger partial charge in [0, 0.05) is 23.0 Å². The number of rotatable bonds is 4. The fraction of sp³-hybridized carbons (Fsp3) is 0.286. The van der Waals surface area contributed by atoms with E-state index in [-0.39, 0.29) is 31.1 Å². The number of piperidine rings is 1. The van der Waals surface area contributed by atoms with E-state index in [0.717, 1.165) is 10.0 Å². The predicted molar refractivity (Wildman–Crippen MR) is 104 cm³/mol. The number of likely N-dealkylation sites (tertiary alicyclic amines) is 1. The Morgan fingerprint density at radius 2 is 1.78 bits per heavy atom. The van der Waals surface area contributed by atoms with Crippen molar-refractivity contribution in [2.75, 3.05) is 6.54 Å². The predicted octanol–water partition coefficient (Wildman–Crippen LogP) is 3.57. The van der Waals surface area contributed by atoms with Crippen molar-refractivity contribution in [2.45, 2.75) is 25.8 Å². The molecule has 2 atom stereocenters. The monoisotopic (exact) mass is 429 g/mol. The molecule has 2 aromatic rings. The van der Waals surface area contributed by atoms with Crippen LogP contribution < -0.4 is 0 Å². The van der Waals surface area contributed by atoms with Crippen LogP contribution in [0.3, 0.4) is 0 Å². The maximum Gasteiger partial charge on any atom is 0.319 e. The molecule has 0 saturated carbocycles. The molecule has 5 nitrogen and oxygen atoms in total. The van der Waals surface area contributed by atoms with Gasteiger partial charge in [0.2, 0.25) is 0 Å². The molecule has 6 heteroatoms. The van der Waals surface area contributed by atoms with Crippen LogP contribution in [0, 0.1) is 5.41 Å². The zero-order valence-corrected chi connectivity index (χ0v) is 16.5. The maximum atomic E-state index is 13.0. The van der Waals surface area contributed by atoms with Gasteiger partial charge in [-0.3, -0.25) is 14.4 Å². The van der Waals surface area contributed by atoms with Crippen LogP contribution in [0.5, 0.6) is 0 Å². The van der Waals surface area contributed by atoms with Crippen LogP contribution >= 0.6 is 15.9 Å². The summed E-state index contributed by atoms with van der Waals surface area (Å²) in [6.07, 6.45) is 0.0575. The van der Waals surface area contributed by atoms with Crippen LogP contribution in [0.4, 0.5) is 0 Å². The number of ketones is 1. The van der Waals surface area contributed by atoms with E-state index in [2.05, 4.69) is 15.9 Å². The lowest BCUT2D eigenvalue weighted by molar-refractivity contribution is -0.161. The molecule has 0 aliphatic carbocycles. The van der Waals surface area contributed by atoms with Gasteiger partial charge in [-0.2, -0.15) is 0 Å². The van der Waals surface area contributed by atoms with E-state index in [0.29, 0.717) is 5.56 Å². The first-order chi connectivity index (χ1) is 12.9. The average Bonchev–Trinajstić information content (AvgIpc) is 2.66. The summed E-state index contributed by atoms with van der Waals surface area (Å²) < 4.78 is 0.747. The van der Waals surface area contributed by atoms with Crippen LogP contribution in [0.1, 0.15) is 29.3 Å². The van der Waals surface area contributed by atoms with Crippen LogP contribution in [-0.2, 0) is 16.0 Å². The number of carbonyl (C=O) groups excluding carboxylic acids is 2. The van der Waals surface area contributed by atoms with E-state index >= 15 is 0 Å². The first-order valence-corrected chi connectivity index (χ1v) is 9.53. The second-order valence-electron chi connectivity index (χ2n) is 6.76. The van der Waals surface area contributed by atoms with E-state index in [1.165, 1.54) is 4.90 Å². The molecule has 2 aromatic carbocycles. The molecule has 140 valence electrons. The molecule has 1 amide bonds. The van der Waals surface area contributed by atoms with E-state index < -0.39 is 17.4 Å². The third-order valence-corrected chi connectivity index (χ3v) is 6.12. The van der Waals surface area contributed by atoms with Gasteiger partial charge >= 0.3 is 5.97 Å². The minimum absolute atomic E-state index is 0.0274. The Labute approximate surface area is 166 Å². The minimum atomic E-state index is -1.67. The maximum absolute atomic E-state index is 13.0. The summed E-state index contributed by atoms with van der Waals surface area (Å²) in [6, 6.07) is 15.2. The highest BCUT2D eigenvalue weighted by Gasteiger charge is 2.55. The highest BCUT2D eigenvalue weighted by Crippen LogP contribution is 2.39. The molecule has 3 rings (SSSR count). The fourth-order valence-corrected chi connectivity index (χ4v) is 4.15. The van der Waals surface area contributed by atoms with Gasteiger partial charge in [-0.15, -0.1) is 0 Å². The third-order valence-electron chi connectivity index (χ3n) is 5.35. The Bertz CT molecular complexity index is 883. The summed E-state index contributed by atoms with van der Waals surface area (Å²) in [5.41, 5.74) is -0.458. The Morgan fingerprint density at radius 3 is 2.41 bits per heavy atom. The van der Waals surface area contributed by atoms with Gasteiger partial charge in [-0.25, -0.2) is 0 Å². The first kappa shape index (κ1) is 19.3. The van der Waals surface area contributed by atoms with Crippen molar-refractivity contribution in [1.82, 2.24) is 4.90 Å². The lowest BCUT2D eigenvalue weighted by Crippen LogP contribution is -2.62. The molecule has 1 N–H and O–H groups in total. The molecule has 1 heterocycles. The lowest BCUT2D eigenvalue weighted by Gasteiger charge is -2.45. The molecule has 1 saturated heterocycles. The van der Waals surface area contributed by atoms with Gasteiger partial charge in [-0.1, -0.05) is 52.3 Å². The molecule has 0 aromatic heterocycles. The second-order valence-corrected chi connectivity index (χ2v) is 7.61. The number of aliphatic carboxylic acids is 1. The van der Waals surface area contributed by atoms with Crippen LogP contribution in [0.15, 0.2) is 59.1 Å². The average molecular weight is 430 g/mol. The molecule has 1 aliphatic rings. The number of halogens is 1. The molecular weight excluding hydrogens is 410 g/mol. The summed E-state index contributed by atoms with van der Waals surface area (Å²) >= 11 is 3.43. The molecule has 1 fully saturated rings. The summed E-state index contributed by atoms with van der Waals surface area (Å²) in [7, 11) is 0. The van der Waals surface area contributed by atoms with Crippen molar-refractivity contribution in [3.8, 4) is 0 Å².